The van der Waals surface area contributed by atoms with Crippen LogP contribution in [0, 0.1) is 0 Å². The van der Waals surface area contributed by atoms with Gasteiger partial charge in [-0.05, 0) is 35.9 Å². The first-order chi connectivity index (χ1) is 12.4. The molecule has 0 saturated carbocycles. The Hall–Kier alpha value is -2.22. The third kappa shape index (κ3) is 4.30. The number of nitrogens with one attached hydrogen (secondary N) is 1. The van der Waals surface area contributed by atoms with E-state index in [-0.39, 0.29) is 4.47 Å². The summed E-state index contributed by atoms with van der Waals surface area (Å²) in [6, 6.07) is 11.8. The first-order valence-electron chi connectivity index (χ1n) is 7.95. The molecule has 1 heterocycles. The highest BCUT2D eigenvalue weighted by molar-refractivity contribution is 9.10. The van der Waals surface area contributed by atoms with E-state index in [1.165, 1.54) is 6.07 Å². The predicted octanol–water partition coefficient (Wildman–Crippen LogP) is 4.79. The highest BCUT2D eigenvalue weighted by Gasteiger charge is 2.33. The highest BCUT2D eigenvalue weighted by Crippen LogP contribution is 2.37. The molecule has 4 nitrogen and oxygen atoms in total. The summed E-state index contributed by atoms with van der Waals surface area (Å²) in [6.45, 7) is 1.12. The van der Waals surface area contributed by atoms with Gasteiger partial charge in [0.15, 0.2) is 0 Å². The zero-order chi connectivity index (χ0) is 18.7. The summed E-state index contributed by atoms with van der Waals surface area (Å²) >= 11 is 2.95. The molecule has 0 bridgehead atoms. The minimum Gasteiger partial charge on any atom is -0.497 e. The molecule has 2 aromatic rings. The summed E-state index contributed by atoms with van der Waals surface area (Å²) in [5.41, 5.74) is 0.779. The Kier molecular flexibility index (Phi) is 5.41. The van der Waals surface area contributed by atoms with Crippen LogP contribution in [0.1, 0.15) is 17.5 Å². The molecule has 0 aromatic heterocycles. The van der Waals surface area contributed by atoms with Crippen LogP contribution in [-0.2, 0) is 12.7 Å². The molecule has 1 aliphatic heterocycles. The zero-order valence-electron chi connectivity index (χ0n) is 14.0. The fraction of sp³-hybridized carbons (Fsp3) is 0.278. The van der Waals surface area contributed by atoms with Crippen molar-refractivity contribution in [1.29, 1.82) is 0 Å². The molecule has 26 heavy (non-hydrogen) atoms. The predicted molar refractivity (Wildman–Crippen MR) is 98.4 cm³/mol. The van der Waals surface area contributed by atoms with Crippen molar-refractivity contribution in [3.8, 4) is 5.75 Å². The monoisotopic (exact) mass is 427 g/mol. The van der Waals surface area contributed by atoms with Crippen molar-refractivity contribution >= 4 is 27.5 Å². The van der Waals surface area contributed by atoms with E-state index in [0.29, 0.717) is 25.2 Å². The van der Waals surface area contributed by atoms with Crippen LogP contribution < -0.4 is 15.1 Å². The number of amidine groups is 1. The third-order valence-corrected chi connectivity index (χ3v) is 4.70. The molecule has 0 unspecified atom stereocenters. The number of halogens is 4. The quantitative estimate of drug-likeness (QED) is 0.761. The van der Waals surface area contributed by atoms with Gasteiger partial charge in [0.2, 0.25) is 0 Å². The van der Waals surface area contributed by atoms with E-state index < -0.39 is 11.7 Å². The number of hydrazone groups is 1. The maximum Gasteiger partial charge on any atom is 0.417 e. The van der Waals surface area contributed by atoms with Gasteiger partial charge in [-0.1, -0.05) is 28.1 Å². The zero-order valence-corrected chi connectivity index (χ0v) is 15.6. The number of anilines is 1. The summed E-state index contributed by atoms with van der Waals surface area (Å²) in [5, 5.41) is 9.20. The van der Waals surface area contributed by atoms with Crippen LogP contribution in [0.5, 0.6) is 5.75 Å². The van der Waals surface area contributed by atoms with Gasteiger partial charge >= 0.3 is 6.18 Å². The molecule has 0 fully saturated rings. The lowest BCUT2D eigenvalue weighted by Crippen LogP contribution is -2.20. The Morgan fingerprint density at radius 3 is 2.58 bits per heavy atom. The molecule has 0 spiro atoms. The molecule has 0 amide bonds. The molecule has 1 N–H and O–H groups in total. The topological polar surface area (TPSA) is 36.9 Å². The summed E-state index contributed by atoms with van der Waals surface area (Å²) in [4.78, 5) is 0. The maximum atomic E-state index is 13.0. The SMILES string of the molecule is COc1ccc(CNC2=NN(c3ccc(Br)c(C(F)(F)F)c3)CC2)cc1. The summed E-state index contributed by atoms with van der Waals surface area (Å²) in [5.74, 6) is 1.53. The van der Waals surface area contributed by atoms with Crippen molar-refractivity contribution in [2.24, 2.45) is 5.10 Å². The Morgan fingerprint density at radius 2 is 1.92 bits per heavy atom. The Morgan fingerprint density at radius 1 is 1.19 bits per heavy atom. The van der Waals surface area contributed by atoms with Gasteiger partial charge in [0.1, 0.15) is 11.6 Å². The van der Waals surface area contributed by atoms with Gasteiger partial charge in [-0.3, -0.25) is 5.01 Å². The minimum absolute atomic E-state index is 0.0229. The lowest BCUT2D eigenvalue weighted by Gasteiger charge is -2.16. The van der Waals surface area contributed by atoms with Crippen LogP contribution in [-0.4, -0.2) is 19.5 Å². The fourth-order valence-corrected chi connectivity index (χ4v) is 3.08. The summed E-state index contributed by atoms with van der Waals surface area (Å²) < 4.78 is 44.3. The number of methoxy groups -OCH3 is 1. The van der Waals surface area contributed by atoms with Crippen molar-refractivity contribution in [2.75, 3.05) is 18.7 Å². The Labute approximate surface area is 157 Å². The lowest BCUT2D eigenvalue weighted by molar-refractivity contribution is -0.138. The summed E-state index contributed by atoms with van der Waals surface area (Å²) in [6.07, 6.45) is -3.76. The van der Waals surface area contributed by atoms with Crippen molar-refractivity contribution < 1.29 is 17.9 Å². The molecule has 0 saturated heterocycles. The van der Waals surface area contributed by atoms with E-state index in [4.69, 9.17) is 4.74 Å². The highest BCUT2D eigenvalue weighted by atomic mass is 79.9. The average molecular weight is 428 g/mol. The van der Waals surface area contributed by atoms with Crippen LogP contribution in [0.4, 0.5) is 18.9 Å². The van der Waals surface area contributed by atoms with Gasteiger partial charge in [-0.25, -0.2) is 0 Å². The lowest BCUT2D eigenvalue weighted by atomic mass is 10.2. The van der Waals surface area contributed by atoms with Gasteiger partial charge in [0.05, 0.1) is 18.4 Å². The molecule has 138 valence electrons. The number of hydrogen-bond donors (Lipinski definition) is 1. The second kappa shape index (κ2) is 7.57. The first-order valence-corrected chi connectivity index (χ1v) is 8.74. The standard InChI is InChI=1S/C18H17BrF3N3O/c1-26-14-5-2-12(3-6-14)11-23-17-8-9-25(24-17)13-4-7-16(19)15(10-13)18(20,21)22/h2-7,10H,8-9,11H2,1H3,(H,23,24). The summed E-state index contributed by atoms with van der Waals surface area (Å²) in [7, 11) is 1.61. The van der Waals surface area contributed by atoms with Crippen LogP contribution in [0.15, 0.2) is 52.0 Å². The average Bonchev–Trinajstić information content (AvgIpc) is 3.09. The van der Waals surface area contributed by atoms with Gasteiger partial charge in [0.25, 0.3) is 0 Å². The number of nitrogens with zero attached hydrogens (tertiary/aromatic N) is 2. The number of benzene rings is 2. The smallest absolute Gasteiger partial charge is 0.417 e. The number of rotatable bonds is 4. The second-order valence-electron chi connectivity index (χ2n) is 5.78. The largest absolute Gasteiger partial charge is 0.497 e. The molecule has 0 atom stereocenters. The van der Waals surface area contributed by atoms with Gasteiger partial charge < -0.3 is 10.1 Å². The Balaban J connectivity index is 1.67. The van der Waals surface area contributed by atoms with E-state index in [0.717, 1.165) is 23.2 Å². The van der Waals surface area contributed by atoms with Gasteiger partial charge in [0, 0.05) is 24.0 Å². The van der Waals surface area contributed by atoms with Crippen LogP contribution in [0.2, 0.25) is 0 Å². The van der Waals surface area contributed by atoms with Crippen molar-refractivity contribution in [3.63, 3.8) is 0 Å². The minimum atomic E-state index is -4.41. The van der Waals surface area contributed by atoms with E-state index >= 15 is 0 Å². The number of ether oxygens (including phenoxy) is 1. The molecular weight excluding hydrogens is 411 g/mol. The number of hydrogen-bond acceptors (Lipinski definition) is 4. The molecular formula is C18H17BrF3N3O. The van der Waals surface area contributed by atoms with Crippen LogP contribution in [0.3, 0.4) is 0 Å². The van der Waals surface area contributed by atoms with E-state index in [2.05, 4.69) is 26.3 Å². The van der Waals surface area contributed by atoms with E-state index in [1.807, 2.05) is 24.3 Å². The first kappa shape index (κ1) is 18.6. The molecule has 8 heteroatoms. The van der Waals surface area contributed by atoms with E-state index in [9.17, 15) is 13.2 Å². The molecule has 1 aliphatic rings. The van der Waals surface area contributed by atoms with Crippen molar-refractivity contribution in [1.82, 2.24) is 5.32 Å². The molecule has 0 aliphatic carbocycles. The van der Waals surface area contributed by atoms with Crippen molar-refractivity contribution in [3.05, 3.63) is 58.1 Å². The second-order valence-corrected chi connectivity index (χ2v) is 6.64. The Bertz CT molecular complexity index is 806. The van der Waals surface area contributed by atoms with Crippen LogP contribution in [0.25, 0.3) is 0 Å². The van der Waals surface area contributed by atoms with Crippen LogP contribution >= 0.6 is 15.9 Å². The normalized spacial score (nSPS) is 14.3. The van der Waals surface area contributed by atoms with Crippen molar-refractivity contribution in [2.45, 2.75) is 19.1 Å². The maximum absolute atomic E-state index is 13.0. The molecule has 0 radical (unpaired) electrons. The van der Waals surface area contributed by atoms with Gasteiger partial charge in [-0.2, -0.15) is 18.3 Å². The third-order valence-electron chi connectivity index (χ3n) is 4.01. The van der Waals surface area contributed by atoms with E-state index in [1.54, 1.807) is 18.2 Å². The number of alkyl halides is 3. The van der Waals surface area contributed by atoms with Gasteiger partial charge in [-0.15, -0.1) is 0 Å². The molecule has 3 rings (SSSR count). The fourth-order valence-electron chi connectivity index (χ4n) is 2.61. The molecule has 2 aromatic carbocycles.